The number of hydrogen-bond acceptors (Lipinski definition) is 5. The molecule has 2 aliphatic rings. The molecule has 2 heterocycles. The van der Waals surface area contributed by atoms with Crippen molar-refractivity contribution in [2.24, 2.45) is 0 Å². The molecule has 6 heteroatoms. The molecule has 0 radical (unpaired) electrons. The fourth-order valence-corrected chi connectivity index (χ4v) is 3.09. The summed E-state index contributed by atoms with van der Waals surface area (Å²) in [6.07, 6.45) is 0.761. The van der Waals surface area contributed by atoms with Crippen LogP contribution in [-0.2, 0) is 6.42 Å². The number of rotatable bonds is 3. The van der Waals surface area contributed by atoms with Crippen molar-refractivity contribution >= 4 is 15.9 Å². The Kier molecular flexibility index (Phi) is 4.33. The van der Waals surface area contributed by atoms with Crippen LogP contribution in [0.2, 0.25) is 0 Å². The summed E-state index contributed by atoms with van der Waals surface area (Å²) >= 11 is 3.38. The molecule has 0 unspecified atom stereocenters. The molecule has 0 atom stereocenters. The number of aromatic hydroxyl groups is 1. The third-order valence-corrected chi connectivity index (χ3v) is 4.35. The summed E-state index contributed by atoms with van der Waals surface area (Å²) in [5.41, 5.74) is 0.840. The minimum atomic E-state index is 0.268. The first-order chi connectivity index (χ1) is 9.75. The van der Waals surface area contributed by atoms with Crippen molar-refractivity contribution < 1.29 is 14.6 Å². The number of phenols is 1. The fraction of sp³-hybridized carbons (Fsp3) is 0.571. The van der Waals surface area contributed by atoms with Gasteiger partial charge in [-0.1, -0.05) is 0 Å². The van der Waals surface area contributed by atoms with Gasteiger partial charge in [-0.2, -0.15) is 0 Å². The molecular formula is C14H19BrN2O3. The van der Waals surface area contributed by atoms with Gasteiger partial charge < -0.3 is 24.8 Å². The van der Waals surface area contributed by atoms with Crippen LogP contribution in [0.25, 0.3) is 0 Å². The molecule has 2 N–H and O–H groups in total. The van der Waals surface area contributed by atoms with Crippen LogP contribution in [0.3, 0.4) is 0 Å². The van der Waals surface area contributed by atoms with Crippen LogP contribution >= 0.6 is 15.9 Å². The lowest BCUT2D eigenvalue weighted by atomic mass is 10.1. The van der Waals surface area contributed by atoms with Gasteiger partial charge in [0.1, 0.15) is 19.0 Å². The number of piperazine rings is 1. The summed E-state index contributed by atoms with van der Waals surface area (Å²) in [5.74, 6) is 1.69. The minimum Gasteiger partial charge on any atom is -0.506 e. The van der Waals surface area contributed by atoms with E-state index in [1.807, 2.05) is 0 Å². The van der Waals surface area contributed by atoms with E-state index in [-0.39, 0.29) is 5.75 Å². The molecule has 0 spiro atoms. The molecule has 1 aromatic carbocycles. The van der Waals surface area contributed by atoms with Crippen molar-refractivity contribution in [3.05, 3.63) is 16.1 Å². The fourth-order valence-electron chi connectivity index (χ4n) is 2.65. The SMILES string of the molecule is Oc1c(Br)cc2c(c1CCN1CCNCC1)OCCO2. The Morgan fingerprint density at radius 2 is 2.00 bits per heavy atom. The standard InChI is InChI=1S/C14H19BrN2O3/c15-11-9-12-14(20-8-7-19-12)10(13(11)18)1-4-17-5-2-16-3-6-17/h9,16,18H,1-8H2. The quantitative estimate of drug-likeness (QED) is 0.868. The van der Waals surface area contributed by atoms with Gasteiger partial charge in [-0.25, -0.2) is 0 Å². The Balaban J connectivity index is 1.78. The van der Waals surface area contributed by atoms with Crippen LogP contribution in [0.5, 0.6) is 17.2 Å². The van der Waals surface area contributed by atoms with Crippen LogP contribution in [0.1, 0.15) is 5.56 Å². The van der Waals surface area contributed by atoms with Crippen molar-refractivity contribution in [2.75, 3.05) is 45.9 Å². The molecule has 1 fully saturated rings. The molecule has 3 rings (SSSR count). The number of hydrogen-bond donors (Lipinski definition) is 2. The average Bonchev–Trinajstić information content (AvgIpc) is 2.49. The second-order valence-corrected chi connectivity index (χ2v) is 5.91. The van der Waals surface area contributed by atoms with E-state index < -0.39 is 0 Å². The summed E-state index contributed by atoms with van der Waals surface area (Å²) in [6, 6.07) is 1.78. The van der Waals surface area contributed by atoms with E-state index in [0.717, 1.165) is 50.5 Å². The molecule has 0 saturated carbocycles. The first kappa shape index (κ1) is 14.0. The normalized spacial score (nSPS) is 19.1. The molecule has 0 bridgehead atoms. The lowest BCUT2D eigenvalue weighted by molar-refractivity contribution is 0.167. The molecule has 0 aliphatic carbocycles. The van der Waals surface area contributed by atoms with Crippen molar-refractivity contribution in [1.82, 2.24) is 10.2 Å². The maximum Gasteiger partial charge on any atom is 0.168 e. The maximum absolute atomic E-state index is 10.3. The number of nitrogens with one attached hydrogen (secondary N) is 1. The van der Waals surface area contributed by atoms with Gasteiger partial charge in [-0.3, -0.25) is 0 Å². The van der Waals surface area contributed by atoms with Crippen LogP contribution in [0.15, 0.2) is 10.5 Å². The highest BCUT2D eigenvalue weighted by molar-refractivity contribution is 9.10. The molecule has 1 aromatic rings. The predicted octanol–water partition coefficient (Wildman–Crippen LogP) is 1.37. The summed E-state index contributed by atoms with van der Waals surface area (Å²) < 4.78 is 12.0. The molecule has 1 saturated heterocycles. The van der Waals surface area contributed by atoms with E-state index in [0.29, 0.717) is 23.4 Å². The summed E-state index contributed by atoms with van der Waals surface area (Å²) in [5, 5.41) is 13.6. The van der Waals surface area contributed by atoms with E-state index in [1.165, 1.54) is 0 Å². The number of phenolic OH excluding ortho intramolecular Hbond substituents is 1. The topological polar surface area (TPSA) is 54.0 Å². The summed E-state index contributed by atoms with van der Waals surface area (Å²) in [4.78, 5) is 2.40. The molecule has 0 aromatic heterocycles. The zero-order valence-corrected chi connectivity index (χ0v) is 12.9. The van der Waals surface area contributed by atoms with E-state index in [2.05, 4.69) is 26.1 Å². The average molecular weight is 343 g/mol. The zero-order valence-electron chi connectivity index (χ0n) is 11.3. The minimum absolute atomic E-state index is 0.268. The van der Waals surface area contributed by atoms with Gasteiger partial charge in [-0.15, -0.1) is 0 Å². The molecule has 20 heavy (non-hydrogen) atoms. The van der Waals surface area contributed by atoms with Crippen LogP contribution in [0, 0.1) is 0 Å². The molecular weight excluding hydrogens is 324 g/mol. The van der Waals surface area contributed by atoms with Crippen molar-refractivity contribution in [2.45, 2.75) is 6.42 Å². The molecule has 5 nitrogen and oxygen atoms in total. The van der Waals surface area contributed by atoms with Gasteiger partial charge in [0.2, 0.25) is 0 Å². The number of nitrogens with zero attached hydrogens (tertiary/aromatic N) is 1. The predicted molar refractivity (Wildman–Crippen MR) is 79.8 cm³/mol. The highest BCUT2D eigenvalue weighted by Crippen LogP contribution is 2.43. The Labute approximate surface area is 127 Å². The smallest absolute Gasteiger partial charge is 0.168 e. The van der Waals surface area contributed by atoms with Gasteiger partial charge in [-0.05, 0) is 22.4 Å². The van der Waals surface area contributed by atoms with Crippen LogP contribution < -0.4 is 14.8 Å². The largest absolute Gasteiger partial charge is 0.506 e. The highest BCUT2D eigenvalue weighted by Gasteiger charge is 2.22. The maximum atomic E-state index is 10.3. The highest BCUT2D eigenvalue weighted by atomic mass is 79.9. The number of benzene rings is 1. The molecule has 2 aliphatic heterocycles. The van der Waals surface area contributed by atoms with Crippen molar-refractivity contribution in [3.8, 4) is 17.2 Å². The molecule has 110 valence electrons. The monoisotopic (exact) mass is 342 g/mol. The Hall–Kier alpha value is -0.980. The van der Waals surface area contributed by atoms with Gasteiger partial charge in [0.05, 0.1) is 4.47 Å². The summed E-state index contributed by atoms with van der Waals surface area (Å²) in [6.45, 7) is 6.17. The Bertz CT molecular complexity index is 490. The van der Waals surface area contributed by atoms with Gasteiger partial charge in [0.25, 0.3) is 0 Å². The number of halogens is 1. The van der Waals surface area contributed by atoms with E-state index >= 15 is 0 Å². The number of ether oxygens (including phenoxy) is 2. The van der Waals surface area contributed by atoms with Crippen molar-refractivity contribution in [3.63, 3.8) is 0 Å². The van der Waals surface area contributed by atoms with Crippen molar-refractivity contribution in [1.29, 1.82) is 0 Å². The second kappa shape index (κ2) is 6.20. The lowest BCUT2D eigenvalue weighted by Crippen LogP contribution is -2.44. The zero-order chi connectivity index (χ0) is 13.9. The second-order valence-electron chi connectivity index (χ2n) is 5.05. The molecule has 0 amide bonds. The van der Waals surface area contributed by atoms with Crippen LogP contribution in [0.4, 0.5) is 0 Å². The van der Waals surface area contributed by atoms with E-state index in [1.54, 1.807) is 6.07 Å². The Morgan fingerprint density at radius 3 is 2.80 bits per heavy atom. The first-order valence-corrected chi connectivity index (χ1v) is 7.78. The van der Waals surface area contributed by atoms with E-state index in [4.69, 9.17) is 9.47 Å². The van der Waals surface area contributed by atoms with Crippen LogP contribution in [-0.4, -0.2) is 55.9 Å². The van der Waals surface area contributed by atoms with Gasteiger partial charge >= 0.3 is 0 Å². The van der Waals surface area contributed by atoms with Gasteiger partial charge in [0.15, 0.2) is 11.5 Å². The first-order valence-electron chi connectivity index (χ1n) is 6.98. The Morgan fingerprint density at radius 1 is 1.25 bits per heavy atom. The van der Waals surface area contributed by atoms with Gasteiger partial charge in [0, 0.05) is 44.4 Å². The lowest BCUT2D eigenvalue weighted by Gasteiger charge is -2.28. The summed E-state index contributed by atoms with van der Waals surface area (Å²) in [7, 11) is 0. The third kappa shape index (κ3) is 2.87. The number of fused-ring (bicyclic) bond motifs is 1. The third-order valence-electron chi connectivity index (χ3n) is 3.74. The van der Waals surface area contributed by atoms with E-state index in [9.17, 15) is 5.11 Å².